The molecule has 0 aromatic heterocycles. The van der Waals surface area contributed by atoms with Crippen molar-refractivity contribution in [3.63, 3.8) is 0 Å². The lowest BCUT2D eigenvalue weighted by Crippen LogP contribution is -2.50. The molecule has 1 aromatic carbocycles. The standard InChI is InChI=1S/C17H20BrN3O4/c1-11(2)17(3,10-19)21-14(22)9-25-15(23)8-20-16(24)12-4-6-13(18)7-5-12/h4-7,11H,8-9H2,1-3H3,(H,20,24)(H,21,22)/t17-/m1/s1. The highest BCUT2D eigenvalue weighted by Crippen LogP contribution is 2.14. The van der Waals surface area contributed by atoms with Gasteiger partial charge in [0.1, 0.15) is 12.1 Å². The largest absolute Gasteiger partial charge is 0.454 e. The molecule has 0 unspecified atom stereocenters. The third-order valence-corrected chi connectivity index (χ3v) is 4.18. The summed E-state index contributed by atoms with van der Waals surface area (Å²) in [6.45, 7) is 4.31. The molecule has 0 radical (unpaired) electrons. The molecular formula is C17H20BrN3O4. The van der Waals surface area contributed by atoms with Crippen LogP contribution in [0.5, 0.6) is 0 Å². The van der Waals surface area contributed by atoms with Gasteiger partial charge in [-0.15, -0.1) is 0 Å². The third-order valence-electron chi connectivity index (χ3n) is 3.65. The number of rotatable bonds is 7. The van der Waals surface area contributed by atoms with Crippen LogP contribution < -0.4 is 10.6 Å². The average molecular weight is 410 g/mol. The first-order chi connectivity index (χ1) is 11.7. The molecule has 2 amide bonds. The number of nitrogens with one attached hydrogen (secondary N) is 2. The van der Waals surface area contributed by atoms with Crippen LogP contribution in [0.1, 0.15) is 31.1 Å². The maximum Gasteiger partial charge on any atom is 0.325 e. The zero-order chi connectivity index (χ0) is 19.0. The van der Waals surface area contributed by atoms with Crippen molar-refractivity contribution in [2.45, 2.75) is 26.3 Å². The minimum atomic E-state index is -1.04. The number of ether oxygens (including phenoxy) is 1. The van der Waals surface area contributed by atoms with E-state index in [1.54, 1.807) is 45.0 Å². The zero-order valence-electron chi connectivity index (χ0n) is 14.3. The second-order valence-corrected chi connectivity index (χ2v) is 6.78. The third kappa shape index (κ3) is 6.55. The van der Waals surface area contributed by atoms with Crippen LogP contribution in [-0.4, -0.2) is 36.5 Å². The highest BCUT2D eigenvalue weighted by atomic mass is 79.9. The van der Waals surface area contributed by atoms with Gasteiger partial charge in [0.25, 0.3) is 11.8 Å². The Hall–Kier alpha value is -2.40. The molecule has 1 rings (SSSR count). The van der Waals surface area contributed by atoms with Gasteiger partial charge in [-0.05, 0) is 37.1 Å². The summed E-state index contributed by atoms with van der Waals surface area (Å²) in [4.78, 5) is 35.3. The van der Waals surface area contributed by atoms with Crippen molar-refractivity contribution in [3.8, 4) is 6.07 Å². The minimum Gasteiger partial charge on any atom is -0.454 e. The fraction of sp³-hybridized carbons (Fsp3) is 0.412. The van der Waals surface area contributed by atoms with Gasteiger partial charge in [-0.1, -0.05) is 29.8 Å². The lowest BCUT2D eigenvalue weighted by Gasteiger charge is -2.27. The fourth-order valence-electron chi connectivity index (χ4n) is 1.68. The number of halogens is 1. The molecule has 0 heterocycles. The van der Waals surface area contributed by atoms with Crippen molar-refractivity contribution < 1.29 is 19.1 Å². The van der Waals surface area contributed by atoms with Gasteiger partial charge < -0.3 is 15.4 Å². The summed E-state index contributed by atoms with van der Waals surface area (Å²) in [6, 6.07) is 8.65. The van der Waals surface area contributed by atoms with E-state index in [1.165, 1.54) is 0 Å². The van der Waals surface area contributed by atoms with Gasteiger partial charge >= 0.3 is 5.97 Å². The summed E-state index contributed by atoms with van der Waals surface area (Å²) in [6.07, 6.45) is 0. The van der Waals surface area contributed by atoms with Crippen LogP contribution in [0.25, 0.3) is 0 Å². The number of benzene rings is 1. The lowest BCUT2D eigenvalue weighted by molar-refractivity contribution is -0.147. The van der Waals surface area contributed by atoms with E-state index in [0.29, 0.717) is 5.56 Å². The fourth-order valence-corrected chi connectivity index (χ4v) is 1.94. The number of esters is 1. The summed E-state index contributed by atoms with van der Waals surface area (Å²) in [7, 11) is 0. The molecule has 1 aromatic rings. The van der Waals surface area contributed by atoms with E-state index in [4.69, 9.17) is 10.00 Å². The maximum absolute atomic E-state index is 11.9. The predicted octanol–water partition coefficient (Wildman–Crippen LogP) is 1.78. The number of carbonyl (C=O) groups excluding carboxylic acids is 3. The van der Waals surface area contributed by atoms with Crippen LogP contribution in [0, 0.1) is 17.2 Å². The van der Waals surface area contributed by atoms with Gasteiger partial charge in [-0.25, -0.2) is 0 Å². The number of nitriles is 1. The van der Waals surface area contributed by atoms with Crippen molar-refractivity contribution in [2.75, 3.05) is 13.2 Å². The van der Waals surface area contributed by atoms with Crippen molar-refractivity contribution >= 4 is 33.7 Å². The number of carbonyl (C=O) groups is 3. The van der Waals surface area contributed by atoms with E-state index in [-0.39, 0.29) is 12.5 Å². The Bertz CT molecular complexity index is 682. The van der Waals surface area contributed by atoms with Crippen LogP contribution in [0.3, 0.4) is 0 Å². The quantitative estimate of drug-likeness (QED) is 0.667. The van der Waals surface area contributed by atoms with E-state index in [0.717, 1.165) is 4.47 Å². The molecule has 0 aliphatic rings. The monoisotopic (exact) mass is 409 g/mol. The van der Waals surface area contributed by atoms with Crippen molar-refractivity contribution in [2.24, 2.45) is 5.92 Å². The summed E-state index contributed by atoms with van der Waals surface area (Å²) in [5, 5.41) is 14.1. The maximum atomic E-state index is 11.9. The molecule has 0 spiro atoms. The van der Waals surface area contributed by atoms with E-state index < -0.39 is 29.9 Å². The number of amides is 2. The topological polar surface area (TPSA) is 108 Å². The summed E-state index contributed by atoms with van der Waals surface area (Å²) < 4.78 is 5.63. The highest BCUT2D eigenvalue weighted by Gasteiger charge is 2.30. The van der Waals surface area contributed by atoms with Gasteiger partial charge in [-0.2, -0.15) is 5.26 Å². The first-order valence-electron chi connectivity index (χ1n) is 7.59. The van der Waals surface area contributed by atoms with Crippen molar-refractivity contribution in [1.29, 1.82) is 5.26 Å². The molecule has 0 saturated carbocycles. The molecule has 0 bridgehead atoms. The molecule has 1 atom stereocenters. The first kappa shape index (κ1) is 20.6. The predicted molar refractivity (Wildman–Crippen MR) is 94.4 cm³/mol. The molecule has 25 heavy (non-hydrogen) atoms. The Morgan fingerprint density at radius 2 is 1.88 bits per heavy atom. The Kier molecular flexibility index (Phi) is 7.58. The Labute approximate surface area is 154 Å². The van der Waals surface area contributed by atoms with Gasteiger partial charge in [-0.3, -0.25) is 14.4 Å². The van der Waals surface area contributed by atoms with Crippen LogP contribution in [-0.2, 0) is 14.3 Å². The Morgan fingerprint density at radius 3 is 2.40 bits per heavy atom. The van der Waals surface area contributed by atoms with Gasteiger partial charge in [0.05, 0.1) is 6.07 Å². The van der Waals surface area contributed by atoms with Crippen LogP contribution >= 0.6 is 15.9 Å². The Balaban J connectivity index is 2.40. The molecule has 0 aliphatic carbocycles. The molecule has 8 heteroatoms. The van der Waals surface area contributed by atoms with E-state index in [1.807, 2.05) is 6.07 Å². The average Bonchev–Trinajstić information content (AvgIpc) is 2.58. The number of hydrogen-bond acceptors (Lipinski definition) is 5. The lowest BCUT2D eigenvalue weighted by atomic mass is 9.90. The Morgan fingerprint density at radius 1 is 1.28 bits per heavy atom. The van der Waals surface area contributed by atoms with Crippen LogP contribution in [0.4, 0.5) is 0 Å². The second kappa shape index (κ2) is 9.18. The van der Waals surface area contributed by atoms with E-state index >= 15 is 0 Å². The first-order valence-corrected chi connectivity index (χ1v) is 8.39. The van der Waals surface area contributed by atoms with Gasteiger partial charge in [0.2, 0.25) is 0 Å². The minimum absolute atomic E-state index is 0.109. The highest BCUT2D eigenvalue weighted by molar-refractivity contribution is 9.10. The molecule has 2 N–H and O–H groups in total. The zero-order valence-corrected chi connectivity index (χ0v) is 15.8. The number of nitrogens with zero attached hydrogens (tertiary/aromatic N) is 1. The van der Waals surface area contributed by atoms with E-state index in [2.05, 4.69) is 26.6 Å². The molecule has 0 aliphatic heterocycles. The molecule has 7 nitrogen and oxygen atoms in total. The smallest absolute Gasteiger partial charge is 0.325 e. The van der Waals surface area contributed by atoms with Gasteiger partial charge in [0.15, 0.2) is 6.61 Å². The van der Waals surface area contributed by atoms with Crippen molar-refractivity contribution in [3.05, 3.63) is 34.3 Å². The van der Waals surface area contributed by atoms with Gasteiger partial charge in [0, 0.05) is 10.0 Å². The van der Waals surface area contributed by atoms with Crippen LogP contribution in [0.15, 0.2) is 28.7 Å². The molecule has 134 valence electrons. The summed E-state index contributed by atoms with van der Waals surface area (Å²) in [5.74, 6) is -1.86. The van der Waals surface area contributed by atoms with Crippen molar-refractivity contribution in [1.82, 2.24) is 10.6 Å². The van der Waals surface area contributed by atoms with Crippen LogP contribution in [0.2, 0.25) is 0 Å². The number of hydrogen-bond donors (Lipinski definition) is 2. The second-order valence-electron chi connectivity index (χ2n) is 5.87. The summed E-state index contributed by atoms with van der Waals surface area (Å²) >= 11 is 3.26. The normalized spacial score (nSPS) is 12.6. The van der Waals surface area contributed by atoms with E-state index in [9.17, 15) is 14.4 Å². The molecule has 0 fully saturated rings. The SMILES string of the molecule is CC(C)[C@@](C)(C#N)NC(=O)COC(=O)CNC(=O)c1ccc(Br)cc1. The molecule has 0 saturated heterocycles. The molecular weight excluding hydrogens is 390 g/mol. The summed E-state index contributed by atoms with van der Waals surface area (Å²) in [5.41, 5.74) is -0.644.